The van der Waals surface area contributed by atoms with Crippen LogP contribution in [0, 0.1) is 0 Å². The third-order valence-electron chi connectivity index (χ3n) is 4.34. The fourth-order valence-electron chi connectivity index (χ4n) is 3.20. The van der Waals surface area contributed by atoms with Gasteiger partial charge in [0.1, 0.15) is 17.8 Å². The number of nitrogens with one attached hydrogen (secondary N) is 1. The number of carbonyl (C=O) groups is 1. The Morgan fingerprint density at radius 1 is 1.35 bits per heavy atom. The first-order valence-electron chi connectivity index (χ1n) is 7.81. The highest BCUT2D eigenvalue weighted by molar-refractivity contribution is 5.86. The zero-order valence-electron chi connectivity index (χ0n) is 12.6. The number of amides is 1. The number of carbonyl (C=O) groups excluding carboxylic acids is 1. The van der Waals surface area contributed by atoms with Gasteiger partial charge < -0.3 is 9.42 Å². The summed E-state index contributed by atoms with van der Waals surface area (Å²) < 4.78 is 5.29. The van der Waals surface area contributed by atoms with E-state index in [1.54, 1.807) is 0 Å². The number of para-hydroxylation sites is 1. The molecule has 23 heavy (non-hydrogen) atoms. The van der Waals surface area contributed by atoms with Gasteiger partial charge in [-0.3, -0.25) is 9.89 Å². The van der Waals surface area contributed by atoms with Gasteiger partial charge in [0.05, 0.1) is 12.5 Å². The maximum atomic E-state index is 12.8. The van der Waals surface area contributed by atoms with E-state index >= 15 is 0 Å². The van der Waals surface area contributed by atoms with Gasteiger partial charge in [-0.2, -0.15) is 5.10 Å². The molecule has 0 saturated carbocycles. The predicted molar refractivity (Wildman–Crippen MR) is 82.4 cm³/mol. The van der Waals surface area contributed by atoms with Crippen molar-refractivity contribution < 1.29 is 9.32 Å². The Kier molecular flexibility index (Phi) is 3.53. The van der Waals surface area contributed by atoms with E-state index in [4.69, 9.17) is 4.52 Å². The van der Waals surface area contributed by atoms with E-state index in [-0.39, 0.29) is 18.4 Å². The normalized spacial score (nSPS) is 18.4. The molecule has 0 aliphatic carbocycles. The second-order valence-corrected chi connectivity index (χ2v) is 5.77. The van der Waals surface area contributed by atoms with Crippen molar-refractivity contribution in [2.45, 2.75) is 31.7 Å². The molecule has 7 heteroatoms. The van der Waals surface area contributed by atoms with Crippen molar-refractivity contribution in [1.82, 2.24) is 25.2 Å². The summed E-state index contributed by atoms with van der Waals surface area (Å²) in [6.07, 6.45) is 4.72. The molecule has 0 bridgehead atoms. The number of aromatic amines is 1. The molecule has 1 aliphatic heterocycles. The van der Waals surface area contributed by atoms with Crippen LogP contribution in [0.15, 0.2) is 35.1 Å². The molecular weight excluding hydrogens is 294 g/mol. The van der Waals surface area contributed by atoms with Crippen molar-refractivity contribution in [3.05, 3.63) is 42.1 Å². The first kappa shape index (κ1) is 13.9. The number of piperidine rings is 1. The van der Waals surface area contributed by atoms with E-state index in [1.807, 2.05) is 29.2 Å². The van der Waals surface area contributed by atoms with Crippen LogP contribution in [-0.2, 0) is 11.2 Å². The van der Waals surface area contributed by atoms with E-state index in [9.17, 15) is 4.79 Å². The van der Waals surface area contributed by atoms with Crippen molar-refractivity contribution in [2.24, 2.45) is 0 Å². The smallest absolute Gasteiger partial charge is 0.229 e. The first-order chi connectivity index (χ1) is 11.3. The Balaban J connectivity index is 1.57. The summed E-state index contributed by atoms with van der Waals surface area (Å²) in [6, 6.07) is 7.57. The quantitative estimate of drug-likeness (QED) is 0.801. The third kappa shape index (κ3) is 2.58. The van der Waals surface area contributed by atoms with E-state index in [2.05, 4.69) is 20.3 Å². The van der Waals surface area contributed by atoms with Crippen LogP contribution in [0.25, 0.3) is 11.0 Å². The minimum Gasteiger partial charge on any atom is -0.356 e. The van der Waals surface area contributed by atoms with Crippen LogP contribution in [-0.4, -0.2) is 37.7 Å². The number of rotatable bonds is 3. The molecule has 0 radical (unpaired) electrons. The van der Waals surface area contributed by atoms with Crippen molar-refractivity contribution in [3.63, 3.8) is 0 Å². The summed E-state index contributed by atoms with van der Waals surface area (Å²) in [5, 5.41) is 11.8. The van der Waals surface area contributed by atoms with E-state index in [0.29, 0.717) is 11.3 Å². The molecule has 1 aromatic carbocycles. The average Bonchev–Trinajstić information content (AvgIpc) is 3.25. The van der Waals surface area contributed by atoms with Gasteiger partial charge in [0.2, 0.25) is 5.91 Å². The third-order valence-corrected chi connectivity index (χ3v) is 4.34. The summed E-state index contributed by atoms with van der Waals surface area (Å²) in [4.78, 5) is 18.9. The maximum absolute atomic E-state index is 12.8. The van der Waals surface area contributed by atoms with E-state index < -0.39 is 0 Å². The van der Waals surface area contributed by atoms with Crippen molar-refractivity contribution in [2.75, 3.05) is 6.54 Å². The zero-order valence-corrected chi connectivity index (χ0v) is 12.6. The summed E-state index contributed by atoms with van der Waals surface area (Å²) >= 11 is 0. The van der Waals surface area contributed by atoms with Crippen LogP contribution >= 0.6 is 0 Å². The van der Waals surface area contributed by atoms with Gasteiger partial charge in [0.25, 0.3) is 0 Å². The minimum atomic E-state index is -0.0306. The molecule has 1 atom stereocenters. The molecular formula is C16H17N5O2. The van der Waals surface area contributed by atoms with Crippen LogP contribution in [0.2, 0.25) is 0 Å². The SMILES string of the molecule is O=C(Cc1noc2ccccc12)N1CCCCC1c1ncn[nH]1. The number of nitrogens with zero attached hydrogens (tertiary/aromatic N) is 4. The van der Waals surface area contributed by atoms with Gasteiger partial charge in [0, 0.05) is 11.9 Å². The van der Waals surface area contributed by atoms with Gasteiger partial charge in [-0.05, 0) is 31.4 Å². The number of H-pyrrole nitrogens is 1. The Bertz CT molecular complexity index is 811. The van der Waals surface area contributed by atoms with Gasteiger partial charge >= 0.3 is 0 Å². The van der Waals surface area contributed by atoms with Gasteiger partial charge in [-0.15, -0.1) is 0 Å². The number of hydrogen-bond acceptors (Lipinski definition) is 5. The molecule has 1 fully saturated rings. The summed E-state index contributed by atoms with van der Waals surface area (Å²) in [5.41, 5.74) is 1.40. The Morgan fingerprint density at radius 3 is 3.13 bits per heavy atom. The number of benzene rings is 1. The molecule has 1 saturated heterocycles. The molecule has 1 unspecified atom stereocenters. The highest BCUT2D eigenvalue weighted by atomic mass is 16.5. The molecule has 3 heterocycles. The number of fused-ring (bicyclic) bond motifs is 1. The molecule has 3 aromatic rings. The first-order valence-corrected chi connectivity index (χ1v) is 7.81. The lowest BCUT2D eigenvalue weighted by atomic mass is 10.0. The fraction of sp³-hybridized carbons (Fsp3) is 0.375. The molecule has 4 rings (SSSR count). The average molecular weight is 311 g/mol. The second-order valence-electron chi connectivity index (χ2n) is 5.77. The standard InChI is InChI=1S/C16H17N5O2/c22-15(9-12-11-5-1-2-7-14(11)23-20-12)21-8-4-3-6-13(21)16-17-10-18-19-16/h1-2,5,7,10,13H,3-4,6,8-9H2,(H,17,18,19). The highest BCUT2D eigenvalue weighted by Gasteiger charge is 2.30. The lowest BCUT2D eigenvalue weighted by Crippen LogP contribution is -2.40. The topological polar surface area (TPSA) is 87.9 Å². The van der Waals surface area contributed by atoms with Gasteiger partial charge in [-0.1, -0.05) is 17.3 Å². The van der Waals surface area contributed by atoms with Crippen LogP contribution in [0.3, 0.4) is 0 Å². The number of likely N-dealkylation sites (tertiary alicyclic amines) is 1. The largest absolute Gasteiger partial charge is 0.356 e. The molecule has 1 N–H and O–H groups in total. The van der Waals surface area contributed by atoms with Crippen molar-refractivity contribution >= 4 is 16.9 Å². The minimum absolute atomic E-state index is 0.0306. The maximum Gasteiger partial charge on any atom is 0.229 e. The zero-order chi connectivity index (χ0) is 15.6. The van der Waals surface area contributed by atoms with Crippen molar-refractivity contribution in [1.29, 1.82) is 0 Å². The Hall–Kier alpha value is -2.70. The molecule has 7 nitrogen and oxygen atoms in total. The molecule has 1 amide bonds. The summed E-state index contributed by atoms with van der Waals surface area (Å²) in [5.74, 6) is 0.799. The van der Waals surface area contributed by atoms with Crippen LogP contribution < -0.4 is 0 Å². The highest BCUT2D eigenvalue weighted by Crippen LogP contribution is 2.29. The molecule has 2 aromatic heterocycles. The summed E-state index contributed by atoms with van der Waals surface area (Å²) in [7, 11) is 0. The summed E-state index contributed by atoms with van der Waals surface area (Å²) in [6.45, 7) is 0.736. The van der Waals surface area contributed by atoms with Gasteiger partial charge in [0.15, 0.2) is 5.58 Å². The Labute approximate surface area is 132 Å². The Morgan fingerprint density at radius 2 is 2.26 bits per heavy atom. The van der Waals surface area contributed by atoms with E-state index in [1.165, 1.54) is 6.33 Å². The second kappa shape index (κ2) is 5.83. The van der Waals surface area contributed by atoms with E-state index in [0.717, 1.165) is 37.0 Å². The van der Waals surface area contributed by atoms with Gasteiger partial charge in [-0.25, -0.2) is 4.98 Å². The van der Waals surface area contributed by atoms with Crippen molar-refractivity contribution in [3.8, 4) is 0 Å². The molecule has 118 valence electrons. The molecule has 0 spiro atoms. The lowest BCUT2D eigenvalue weighted by Gasteiger charge is -2.34. The molecule has 1 aliphatic rings. The van der Waals surface area contributed by atoms with Crippen LogP contribution in [0.4, 0.5) is 0 Å². The number of hydrogen-bond donors (Lipinski definition) is 1. The van der Waals surface area contributed by atoms with Crippen LogP contribution in [0.5, 0.6) is 0 Å². The predicted octanol–water partition coefficient (Wildman–Crippen LogP) is 2.24. The number of aromatic nitrogens is 4. The monoisotopic (exact) mass is 311 g/mol. The fourth-order valence-corrected chi connectivity index (χ4v) is 3.20. The van der Waals surface area contributed by atoms with Crippen LogP contribution in [0.1, 0.15) is 36.8 Å². The lowest BCUT2D eigenvalue weighted by molar-refractivity contribution is -0.134.